The third kappa shape index (κ3) is 5.47. The van der Waals surface area contributed by atoms with E-state index < -0.39 is 5.54 Å². The Morgan fingerprint density at radius 1 is 1.32 bits per heavy atom. The molecule has 5 heteroatoms. The molecule has 2 rings (SSSR count). The van der Waals surface area contributed by atoms with Gasteiger partial charge in [0.2, 0.25) is 5.91 Å². The fourth-order valence-electron chi connectivity index (χ4n) is 2.95. The van der Waals surface area contributed by atoms with E-state index in [2.05, 4.69) is 52.8 Å². The van der Waals surface area contributed by atoms with Gasteiger partial charge in [-0.05, 0) is 44.7 Å². The molecule has 0 saturated carbocycles. The predicted molar refractivity (Wildman–Crippen MR) is 101 cm³/mol. The number of hydrogen-bond acceptors (Lipinski definition) is 4. The lowest BCUT2D eigenvalue weighted by atomic mass is 9.90. The van der Waals surface area contributed by atoms with Gasteiger partial charge < -0.3 is 10.6 Å². The number of carbonyl (C=O) groups is 1. The molecule has 25 heavy (non-hydrogen) atoms. The van der Waals surface area contributed by atoms with Crippen molar-refractivity contribution in [2.24, 2.45) is 5.92 Å². The van der Waals surface area contributed by atoms with Crippen LogP contribution in [-0.4, -0.2) is 42.0 Å². The van der Waals surface area contributed by atoms with Crippen molar-refractivity contribution >= 4 is 11.6 Å². The second-order valence-corrected chi connectivity index (χ2v) is 7.58. The predicted octanol–water partition coefficient (Wildman–Crippen LogP) is 2.93. The maximum absolute atomic E-state index is 12.3. The van der Waals surface area contributed by atoms with E-state index in [1.165, 1.54) is 5.56 Å². The summed E-state index contributed by atoms with van der Waals surface area (Å²) in [5.41, 5.74) is 1.61. The van der Waals surface area contributed by atoms with E-state index in [1.807, 2.05) is 13.8 Å². The molecule has 5 nitrogen and oxygen atoms in total. The molecule has 136 valence electrons. The molecule has 1 aliphatic heterocycles. The summed E-state index contributed by atoms with van der Waals surface area (Å²) in [4.78, 5) is 14.4. The molecule has 1 amide bonds. The molecule has 0 unspecified atom stereocenters. The maximum Gasteiger partial charge on any atom is 0.235 e. The fourth-order valence-corrected chi connectivity index (χ4v) is 2.95. The van der Waals surface area contributed by atoms with Crippen LogP contribution < -0.4 is 10.6 Å². The van der Waals surface area contributed by atoms with Crippen LogP contribution in [0.1, 0.15) is 39.2 Å². The lowest BCUT2D eigenvalue weighted by Gasteiger charge is -2.34. The van der Waals surface area contributed by atoms with Crippen LogP contribution >= 0.6 is 0 Å². The first-order valence-corrected chi connectivity index (χ1v) is 9.10. The van der Waals surface area contributed by atoms with Crippen LogP contribution in [0.15, 0.2) is 24.3 Å². The SMILES string of the molecule is Cc1ccc(NC2CCN(CC(=O)N[C@](C)(C#N)C(C)C)CC2)cc1. The summed E-state index contributed by atoms with van der Waals surface area (Å²) in [6, 6.07) is 11.1. The van der Waals surface area contributed by atoms with Gasteiger partial charge in [-0.3, -0.25) is 9.69 Å². The highest BCUT2D eigenvalue weighted by Crippen LogP contribution is 2.18. The van der Waals surface area contributed by atoms with Gasteiger partial charge in [0.05, 0.1) is 12.6 Å². The van der Waals surface area contributed by atoms with Crippen molar-refractivity contribution in [1.82, 2.24) is 10.2 Å². The van der Waals surface area contributed by atoms with Crippen molar-refractivity contribution in [3.63, 3.8) is 0 Å². The number of hydrogen-bond donors (Lipinski definition) is 2. The number of likely N-dealkylation sites (tertiary alicyclic amines) is 1. The van der Waals surface area contributed by atoms with Crippen LogP contribution in [0.5, 0.6) is 0 Å². The van der Waals surface area contributed by atoms with Crippen LogP contribution in [0.25, 0.3) is 0 Å². The zero-order valence-electron chi connectivity index (χ0n) is 15.8. The molecule has 1 heterocycles. The van der Waals surface area contributed by atoms with Gasteiger partial charge in [0.25, 0.3) is 0 Å². The molecule has 0 aliphatic carbocycles. The summed E-state index contributed by atoms with van der Waals surface area (Å²) in [6.45, 7) is 9.92. The topological polar surface area (TPSA) is 68.2 Å². The second-order valence-electron chi connectivity index (χ2n) is 7.58. The molecule has 1 aromatic rings. The van der Waals surface area contributed by atoms with E-state index in [1.54, 1.807) is 6.92 Å². The number of nitriles is 1. The van der Waals surface area contributed by atoms with Crippen molar-refractivity contribution in [1.29, 1.82) is 5.26 Å². The van der Waals surface area contributed by atoms with Gasteiger partial charge in [-0.15, -0.1) is 0 Å². The van der Waals surface area contributed by atoms with Gasteiger partial charge in [0.15, 0.2) is 0 Å². The van der Waals surface area contributed by atoms with Gasteiger partial charge in [0.1, 0.15) is 5.54 Å². The number of benzene rings is 1. The normalized spacial score (nSPS) is 18.4. The minimum Gasteiger partial charge on any atom is -0.382 e. The number of aryl methyl sites for hydroxylation is 1. The molecule has 0 spiro atoms. The molecule has 0 radical (unpaired) electrons. The number of piperidine rings is 1. The lowest BCUT2D eigenvalue weighted by molar-refractivity contribution is -0.124. The van der Waals surface area contributed by atoms with E-state index in [0.717, 1.165) is 31.6 Å². The molecule has 1 atom stereocenters. The molecule has 1 saturated heterocycles. The van der Waals surface area contributed by atoms with Gasteiger partial charge in [-0.25, -0.2) is 0 Å². The molecular weight excluding hydrogens is 312 g/mol. The highest BCUT2D eigenvalue weighted by atomic mass is 16.2. The van der Waals surface area contributed by atoms with Crippen LogP contribution in [0, 0.1) is 24.2 Å². The Bertz CT molecular complexity index is 612. The zero-order valence-corrected chi connectivity index (χ0v) is 15.8. The van der Waals surface area contributed by atoms with E-state index in [4.69, 9.17) is 0 Å². The number of nitrogens with one attached hydrogen (secondary N) is 2. The van der Waals surface area contributed by atoms with Crippen molar-refractivity contribution in [3.8, 4) is 6.07 Å². The number of nitrogens with zero attached hydrogens (tertiary/aromatic N) is 2. The summed E-state index contributed by atoms with van der Waals surface area (Å²) in [5.74, 6) is 0.00795. The Kier molecular flexibility index (Phi) is 6.44. The minimum atomic E-state index is -0.803. The summed E-state index contributed by atoms with van der Waals surface area (Å²) >= 11 is 0. The monoisotopic (exact) mass is 342 g/mol. The quantitative estimate of drug-likeness (QED) is 0.834. The Morgan fingerprint density at radius 3 is 2.44 bits per heavy atom. The van der Waals surface area contributed by atoms with Crippen molar-refractivity contribution in [3.05, 3.63) is 29.8 Å². The van der Waals surface area contributed by atoms with Crippen LogP contribution in [0.3, 0.4) is 0 Å². The van der Waals surface area contributed by atoms with E-state index in [-0.39, 0.29) is 11.8 Å². The molecular formula is C20H30N4O. The largest absolute Gasteiger partial charge is 0.382 e. The van der Waals surface area contributed by atoms with E-state index in [9.17, 15) is 10.1 Å². The van der Waals surface area contributed by atoms with Crippen LogP contribution in [0.4, 0.5) is 5.69 Å². The van der Waals surface area contributed by atoms with Crippen molar-refractivity contribution in [2.75, 3.05) is 25.0 Å². The Balaban J connectivity index is 1.77. The Hall–Kier alpha value is -2.06. The molecule has 2 N–H and O–H groups in total. The Labute approximate surface area is 151 Å². The van der Waals surface area contributed by atoms with Gasteiger partial charge in [0, 0.05) is 24.8 Å². The summed E-state index contributed by atoms with van der Waals surface area (Å²) in [5, 5.41) is 15.8. The lowest BCUT2D eigenvalue weighted by Crippen LogP contribution is -2.52. The first-order valence-electron chi connectivity index (χ1n) is 9.10. The molecule has 0 bridgehead atoms. The van der Waals surface area contributed by atoms with E-state index in [0.29, 0.717) is 12.6 Å². The standard InChI is InChI=1S/C20H30N4O/c1-15(2)20(4,14-21)23-19(25)13-24-11-9-18(10-12-24)22-17-7-5-16(3)6-8-17/h5-8,15,18,22H,9-13H2,1-4H3,(H,23,25)/t20-/m1/s1. The van der Waals surface area contributed by atoms with Crippen LogP contribution in [-0.2, 0) is 4.79 Å². The zero-order chi connectivity index (χ0) is 18.4. The average molecular weight is 342 g/mol. The maximum atomic E-state index is 12.3. The second kappa shape index (κ2) is 8.35. The third-order valence-electron chi connectivity index (χ3n) is 5.16. The highest BCUT2D eigenvalue weighted by molar-refractivity contribution is 5.79. The molecule has 1 aliphatic rings. The van der Waals surface area contributed by atoms with Crippen LogP contribution in [0.2, 0.25) is 0 Å². The summed E-state index contributed by atoms with van der Waals surface area (Å²) in [6.07, 6.45) is 2.03. The third-order valence-corrected chi connectivity index (χ3v) is 5.16. The van der Waals surface area contributed by atoms with Gasteiger partial charge in [-0.2, -0.15) is 5.26 Å². The molecule has 1 fully saturated rings. The molecule has 1 aromatic carbocycles. The number of anilines is 1. The highest BCUT2D eigenvalue weighted by Gasteiger charge is 2.31. The molecule has 0 aromatic heterocycles. The van der Waals surface area contributed by atoms with Gasteiger partial charge in [-0.1, -0.05) is 31.5 Å². The first kappa shape index (κ1) is 19.3. The van der Waals surface area contributed by atoms with Crippen molar-refractivity contribution < 1.29 is 4.79 Å². The summed E-state index contributed by atoms with van der Waals surface area (Å²) < 4.78 is 0. The smallest absolute Gasteiger partial charge is 0.235 e. The average Bonchev–Trinajstić information content (AvgIpc) is 2.58. The first-order chi connectivity index (χ1) is 11.8. The van der Waals surface area contributed by atoms with Crippen molar-refractivity contribution in [2.45, 2.75) is 52.1 Å². The number of amides is 1. The minimum absolute atomic E-state index is 0.0670. The fraction of sp³-hybridized carbons (Fsp3) is 0.600. The van der Waals surface area contributed by atoms with Gasteiger partial charge >= 0.3 is 0 Å². The Morgan fingerprint density at radius 2 is 1.92 bits per heavy atom. The number of carbonyl (C=O) groups excluding carboxylic acids is 1. The number of rotatable bonds is 6. The van der Waals surface area contributed by atoms with E-state index >= 15 is 0 Å². The summed E-state index contributed by atoms with van der Waals surface area (Å²) in [7, 11) is 0.